The molecule has 23 heavy (non-hydrogen) atoms. The van der Waals surface area contributed by atoms with Crippen molar-refractivity contribution in [2.24, 2.45) is 5.10 Å². The average Bonchev–Trinajstić information content (AvgIpc) is 2.48. The zero-order valence-electron chi connectivity index (χ0n) is 13.2. The van der Waals surface area contributed by atoms with E-state index in [1.54, 1.807) is 30.3 Å². The van der Waals surface area contributed by atoms with E-state index < -0.39 is 0 Å². The zero-order valence-corrected chi connectivity index (χ0v) is 14.7. The van der Waals surface area contributed by atoms with Crippen LogP contribution in [0.4, 0.5) is 0 Å². The van der Waals surface area contributed by atoms with Gasteiger partial charge in [0, 0.05) is 16.1 Å². The summed E-state index contributed by atoms with van der Waals surface area (Å²) in [7, 11) is 0. The number of amides is 1. The molecule has 0 heterocycles. The second-order valence-corrected chi connectivity index (χ2v) is 7.04. The highest BCUT2D eigenvalue weighted by molar-refractivity contribution is 6.36. The highest BCUT2D eigenvalue weighted by atomic mass is 35.5. The van der Waals surface area contributed by atoms with Gasteiger partial charge in [-0.2, -0.15) is 5.10 Å². The first-order valence-electron chi connectivity index (χ1n) is 7.16. The Bertz CT molecular complexity index is 732. The van der Waals surface area contributed by atoms with Gasteiger partial charge in [0.25, 0.3) is 5.91 Å². The van der Waals surface area contributed by atoms with Gasteiger partial charge in [-0.3, -0.25) is 4.79 Å². The first kappa shape index (κ1) is 17.5. The van der Waals surface area contributed by atoms with E-state index in [0.717, 1.165) is 0 Å². The molecule has 2 rings (SSSR count). The molecule has 0 aromatic heterocycles. The molecule has 0 unspecified atom stereocenters. The van der Waals surface area contributed by atoms with Crippen LogP contribution < -0.4 is 5.43 Å². The van der Waals surface area contributed by atoms with Crippen LogP contribution in [0.2, 0.25) is 10.0 Å². The third-order valence-corrected chi connectivity index (χ3v) is 3.91. The molecule has 0 aliphatic carbocycles. The molecule has 0 saturated carbocycles. The van der Waals surface area contributed by atoms with Gasteiger partial charge in [-0.05, 0) is 35.2 Å². The average molecular weight is 349 g/mol. The van der Waals surface area contributed by atoms with Crippen LogP contribution in [-0.4, -0.2) is 12.1 Å². The fourth-order valence-corrected chi connectivity index (χ4v) is 2.41. The number of hydrogen-bond donors (Lipinski definition) is 1. The summed E-state index contributed by atoms with van der Waals surface area (Å²) in [6.45, 7) is 6.38. The van der Waals surface area contributed by atoms with Crippen LogP contribution in [0, 0.1) is 0 Å². The molecule has 0 aliphatic rings. The lowest BCUT2D eigenvalue weighted by Crippen LogP contribution is -2.18. The van der Waals surface area contributed by atoms with Gasteiger partial charge in [-0.1, -0.05) is 62.2 Å². The van der Waals surface area contributed by atoms with Crippen molar-refractivity contribution in [3.05, 3.63) is 69.2 Å². The van der Waals surface area contributed by atoms with Gasteiger partial charge in [-0.15, -0.1) is 0 Å². The summed E-state index contributed by atoms with van der Waals surface area (Å²) in [5.74, 6) is -0.271. The number of halogens is 2. The summed E-state index contributed by atoms with van der Waals surface area (Å²) < 4.78 is 0. The fraction of sp³-hybridized carbons (Fsp3) is 0.222. The number of carbonyl (C=O) groups is 1. The normalized spacial score (nSPS) is 11.7. The Hall–Kier alpha value is -1.84. The maximum atomic E-state index is 12.1. The minimum absolute atomic E-state index is 0.0541. The van der Waals surface area contributed by atoms with E-state index in [2.05, 4.69) is 31.3 Å². The Morgan fingerprint density at radius 3 is 2.30 bits per heavy atom. The van der Waals surface area contributed by atoms with Crippen molar-refractivity contribution in [1.29, 1.82) is 0 Å². The van der Waals surface area contributed by atoms with Crippen molar-refractivity contribution in [2.75, 3.05) is 0 Å². The topological polar surface area (TPSA) is 41.5 Å². The minimum atomic E-state index is -0.271. The first-order valence-corrected chi connectivity index (χ1v) is 7.92. The van der Waals surface area contributed by atoms with Crippen molar-refractivity contribution in [2.45, 2.75) is 26.2 Å². The molecule has 5 heteroatoms. The molecule has 0 bridgehead atoms. The summed E-state index contributed by atoms with van der Waals surface area (Å²) in [5.41, 5.74) is 4.95. The molecule has 0 radical (unpaired) electrons. The Kier molecular flexibility index (Phi) is 5.45. The van der Waals surface area contributed by atoms with Crippen LogP contribution in [-0.2, 0) is 5.41 Å². The van der Waals surface area contributed by atoms with Gasteiger partial charge in [0.2, 0.25) is 0 Å². The van der Waals surface area contributed by atoms with Gasteiger partial charge < -0.3 is 0 Å². The van der Waals surface area contributed by atoms with Crippen molar-refractivity contribution in [3.63, 3.8) is 0 Å². The number of nitrogens with one attached hydrogen (secondary N) is 1. The smallest absolute Gasteiger partial charge is 0.267 e. The van der Waals surface area contributed by atoms with Crippen LogP contribution in [0.25, 0.3) is 0 Å². The minimum Gasteiger partial charge on any atom is -0.267 e. The third kappa shape index (κ3) is 4.81. The Morgan fingerprint density at radius 2 is 1.74 bits per heavy atom. The van der Waals surface area contributed by atoms with E-state index in [-0.39, 0.29) is 11.3 Å². The maximum absolute atomic E-state index is 12.1. The molecule has 3 nitrogen and oxygen atoms in total. The van der Waals surface area contributed by atoms with Gasteiger partial charge in [0.1, 0.15) is 0 Å². The molecule has 0 saturated heterocycles. The molecular weight excluding hydrogens is 331 g/mol. The lowest BCUT2D eigenvalue weighted by molar-refractivity contribution is 0.0955. The number of nitrogens with zero attached hydrogens (tertiary/aromatic N) is 1. The Morgan fingerprint density at radius 1 is 1.09 bits per heavy atom. The van der Waals surface area contributed by atoms with E-state index in [4.69, 9.17) is 23.2 Å². The number of hydrazone groups is 1. The molecule has 0 fully saturated rings. The standard InChI is InChI=1S/C18H18Cl2N2O/c1-18(2,3)14-7-4-12(5-8-14)17(23)22-21-11-13-6-9-15(19)10-16(13)20/h4-11H,1-3H3,(H,22,23)/b21-11+. The maximum Gasteiger partial charge on any atom is 0.271 e. The molecule has 1 N–H and O–H groups in total. The second-order valence-electron chi connectivity index (χ2n) is 6.19. The molecule has 2 aromatic carbocycles. The van der Waals surface area contributed by atoms with E-state index in [0.29, 0.717) is 21.2 Å². The molecular formula is C18H18Cl2N2O. The monoisotopic (exact) mass is 348 g/mol. The van der Waals surface area contributed by atoms with Crippen LogP contribution >= 0.6 is 23.2 Å². The second kappa shape index (κ2) is 7.16. The molecule has 0 aliphatic heterocycles. The molecule has 2 aromatic rings. The van der Waals surface area contributed by atoms with Gasteiger partial charge in [0.15, 0.2) is 0 Å². The molecule has 120 valence electrons. The Labute approximate surface area is 146 Å². The van der Waals surface area contributed by atoms with Gasteiger partial charge >= 0.3 is 0 Å². The van der Waals surface area contributed by atoms with Crippen molar-refractivity contribution >= 4 is 35.3 Å². The number of carbonyl (C=O) groups excluding carboxylic acids is 1. The lowest BCUT2D eigenvalue weighted by Gasteiger charge is -2.18. The SMILES string of the molecule is CC(C)(C)c1ccc(C(=O)N/N=C/c2ccc(Cl)cc2Cl)cc1. The Balaban J connectivity index is 2.03. The predicted octanol–water partition coefficient (Wildman–Crippen LogP) is 5.05. The number of rotatable bonds is 3. The van der Waals surface area contributed by atoms with Gasteiger partial charge in [0.05, 0.1) is 11.2 Å². The fourth-order valence-electron chi connectivity index (χ4n) is 1.95. The highest BCUT2D eigenvalue weighted by Crippen LogP contribution is 2.22. The van der Waals surface area contributed by atoms with E-state index in [9.17, 15) is 4.79 Å². The molecule has 1 amide bonds. The van der Waals surface area contributed by atoms with Gasteiger partial charge in [-0.25, -0.2) is 5.43 Å². The third-order valence-electron chi connectivity index (χ3n) is 3.35. The summed E-state index contributed by atoms with van der Waals surface area (Å²) in [5, 5.41) is 4.96. The summed E-state index contributed by atoms with van der Waals surface area (Å²) >= 11 is 11.9. The zero-order chi connectivity index (χ0) is 17.0. The quantitative estimate of drug-likeness (QED) is 0.611. The summed E-state index contributed by atoms with van der Waals surface area (Å²) in [4.78, 5) is 12.1. The van der Waals surface area contributed by atoms with Crippen molar-refractivity contribution in [3.8, 4) is 0 Å². The molecule has 0 spiro atoms. The first-order chi connectivity index (χ1) is 10.8. The van der Waals surface area contributed by atoms with Crippen LogP contribution in [0.5, 0.6) is 0 Å². The van der Waals surface area contributed by atoms with E-state index >= 15 is 0 Å². The van der Waals surface area contributed by atoms with Crippen LogP contribution in [0.15, 0.2) is 47.6 Å². The van der Waals surface area contributed by atoms with Crippen molar-refractivity contribution < 1.29 is 4.79 Å². The van der Waals surface area contributed by atoms with Crippen molar-refractivity contribution in [1.82, 2.24) is 5.43 Å². The highest BCUT2D eigenvalue weighted by Gasteiger charge is 2.14. The number of benzene rings is 2. The predicted molar refractivity (Wildman–Crippen MR) is 96.7 cm³/mol. The van der Waals surface area contributed by atoms with E-state index in [1.807, 2.05) is 12.1 Å². The lowest BCUT2D eigenvalue weighted by atomic mass is 9.87. The summed E-state index contributed by atoms with van der Waals surface area (Å²) in [6.07, 6.45) is 1.49. The summed E-state index contributed by atoms with van der Waals surface area (Å²) in [6, 6.07) is 12.6. The van der Waals surface area contributed by atoms with Crippen LogP contribution in [0.3, 0.4) is 0 Å². The largest absolute Gasteiger partial charge is 0.271 e. The molecule has 0 atom stereocenters. The number of hydrogen-bond acceptors (Lipinski definition) is 2. The van der Waals surface area contributed by atoms with Crippen LogP contribution in [0.1, 0.15) is 42.3 Å². The van der Waals surface area contributed by atoms with E-state index in [1.165, 1.54) is 11.8 Å².